The van der Waals surface area contributed by atoms with Gasteiger partial charge in [-0.3, -0.25) is 38.0 Å². The molecule has 17 nitrogen and oxygen atoms in total. The molecule has 12 atom stereocenters. The van der Waals surface area contributed by atoms with Crippen molar-refractivity contribution in [1.82, 2.24) is 10.2 Å². The number of aliphatic hydroxyl groups excluding tert-OH is 1. The molecule has 0 spiro atoms. The Labute approximate surface area is 328 Å². The standard InChI is InChI=1S/C36H39F3N2O15P2/c1-33-9-8-21(42)13-24(33)25(38)14-23-22-15-28-36(34(22,2)16-26(43)35(23,33)39,55-32(54-28)19-4-3-5-20(37)12-19)27(44)18-53-58(50,51)56-57(48,49)52-11-10-40-29(45)17-41-30(46)6-7-31(41)47/h3-9,12-13,22-23,25-26,28,32,43H,10-11,14-18H2,1-2H3,(H,40,45)(H,48,49)(H,50,51)/p-2/t22-,23-,25-,26-,28+,32+,33-,34-,35-,36+/m0/s1. The zero-order valence-corrected chi connectivity index (χ0v) is 32.5. The molecule has 22 heteroatoms. The summed E-state index contributed by atoms with van der Waals surface area (Å²) in [5.74, 6) is -7.06. The number of nitrogens with zero attached hydrogens (tertiary/aromatic N) is 1. The second-order valence-electron chi connectivity index (χ2n) is 15.4. The van der Waals surface area contributed by atoms with Gasteiger partial charge >= 0.3 is 0 Å². The van der Waals surface area contributed by atoms with E-state index in [1.165, 1.54) is 32.1 Å². The van der Waals surface area contributed by atoms with E-state index in [1.54, 1.807) is 0 Å². The first-order chi connectivity index (χ1) is 27.1. The predicted octanol–water partition coefficient (Wildman–Crippen LogP) is 1.50. The van der Waals surface area contributed by atoms with E-state index >= 15 is 8.78 Å². The highest BCUT2D eigenvalue weighted by molar-refractivity contribution is 7.59. The number of Topliss-reactive ketones (excluding diaryl/α,β-unsaturated/α-hetero) is 1. The number of hydrogen-bond acceptors (Lipinski definition) is 15. The Balaban J connectivity index is 1.08. The fourth-order valence-corrected chi connectivity index (χ4v) is 11.7. The van der Waals surface area contributed by atoms with E-state index in [0.29, 0.717) is 4.90 Å². The number of carbonyl (C=O) groups is 5. The van der Waals surface area contributed by atoms with Crippen LogP contribution in [0.3, 0.4) is 0 Å². The fourth-order valence-electron chi connectivity index (χ4n) is 9.80. The molecule has 0 aromatic heterocycles. The van der Waals surface area contributed by atoms with Gasteiger partial charge in [-0.05, 0) is 62.0 Å². The third kappa shape index (κ3) is 6.90. The van der Waals surface area contributed by atoms with Gasteiger partial charge in [-0.2, -0.15) is 0 Å². The van der Waals surface area contributed by atoms with Gasteiger partial charge in [-0.15, -0.1) is 0 Å². The second kappa shape index (κ2) is 14.8. The van der Waals surface area contributed by atoms with Crippen molar-refractivity contribution in [1.29, 1.82) is 0 Å². The van der Waals surface area contributed by atoms with Crippen LogP contribution < -0.4 is 15.1 Å². The van der Waals surface area contributed by atoms with Crippen molar-refractivity contribution in [2.24, 2.45) is 22.7 Å². The maximum atomic E-state index is 17.8. The quantitative estimate of drug-likeness (QED) is 0.162. The van der Waals surface area contributed by atoms with Crippen LogP contribution >= 0.6 is 15.6 Å². The molecule has 1 aromatic carbocycles. The Bertz CT molecular complexity index is 2140. The van der Waals surface area contributed by atoms with Crippen molar-refractivity contribution in [2.75, 3.05) is 26.3 Å². The Morgan fingerprint density at radius 1 is 1.05 bits per heavy atom. The number of benzene rings is 1. The van der Waals surface area contributed by atoms with E-state index in [4.69, 9.17) is 14.0 Å². The number of halogens is 3. The van der Waals surface area contributed by atoms with Crippen LogP contribution in [0.5, 0.6) is 0 Å². The number of carbonyl (C=O) groups excluding carboxylic acids is 5. The van der Waals surface area contributed by atoms with Gasteiger partial charge in [-0.1, -0.05) is 25.1 Å². The van der Waals surface area contributed by atoms with Crippen LogP contribution in [0.1, 0.15) is 45.0 Å². The van der Waals surface area contributed by atoms with Gasteiger partial charge < -0.3 is 38.7 Å². The smallest absolute Gasteiger partial charge is 0.274 e. The molecule has 4 fully saturated rings. The Kier molecular flexibility index (Phi) is 10.8. The number of ketones is 2. The molecule has 2 aliphatic heterocycles. The van der Waals surface area contributed by atoms with Gasteiger partial charge in [0.2, 0.25) is 5.91 Å². The fraction of sp³-hybridized carbons (Fsp3) is 0.528. The summed E-state index contributed by atoms with van der Waals surface area (Å²) in [6.45, 7) is -0.694. The lowest BCUT2D eigenvalue weighted by molar-refractivity contribution is -0.246. The number of hydrogen-bond donors (Lipinski definition) is 2. The van der Waals surface area contributed by atoms with Crippen LogP contribution in [0.2, 0.25) is 0 Å². The van der Waals surface area contributed by atoms with Crippen molar-refractivity contribution in [3.63, 3.8) is 0 Å². The zero-order chi connectivity index (χ0) is 42.2. The summed E-state index contributed by atoms with van der Waals surface area (Å²) in [6, 6.07) is 4.96. The van der Waals surface area contributed by atoms with Crippen LogP contribution in [-0.2, 0) is 55.9 Å². The van der Waals surface area contributed by atoms with Crippen molar-refractivity contribution in [3.05, 3.63) is 71.6 Å². The first-order valence-corrected chi connectivity index (χ1v) is 21.0. The molecule has 0 radical (unpaired) electrons. The lowest BCUT2D eigenvalue weighted by atomic mass is 9.44. The van der Waals surface area contributed by atoms with Crippen LogP contribution in [-0.4, -0.2) is 95.2 Å². The highest BCUT2D eigenvalue weighted by Crippen LogP contribution is 2.73. The summed E-state index contributed by atoms with van der Waals surface area (Å²) >= 11 is 0. The van der Waals surface area contributed by atoms with Crippen LogP contribution in [0.15, 0.2) is 60.2 Å². The summed E-state index contributed by atoms with van der Waals surface area (Å²) in [6.07, 6.45) is -2.50. The van der Waals surface area contributed by atoms with Crippen molar-refractivity contribution in [3.8, 4) is 0 Å². The molecule has 3 amide bonds. The number of phosphoric ester groups is 2. The molecule has 7 rings (SSSR count). The SMILES string of the molecule is C[C@]12C=CC(=O)C=C1[C@@H](F)C[C@H]1[C@@H]3C[C@H]4O[C@@H](c5cccc(F)c5)O[C@@]4(C(=O)COP(=O)([O-])OP(=O)([O-])OCCNC(=O)CN4C(=O)C=CC4=O)[C@@]3(C)C[C@H](O)[C@@]12F. The number of phosphoric acid groups is 2. The van der Waals surface area contributed by atoms with Crippen molar-refractivity contribution in [2.45, 2.75) is 69.0 Å². The van der Waals surface area contributed by atoms with E-state index in [-0.39, 0.29) is 17.6 Å². The van der Waals surface area contributed by atoms with Crippen molar-refractivity contribution >= 4 is 44.9 Å². The molecule has 6 aliphatic rings. The number of alkyl halides is 2. The van der Waals surface area contributed by atoms with Gasteiger partial charge in [0.05, 0.1) is 18.8 Å². The number of allylic oxidation sites excluding steroid dienone is 4. The number of amides is 3. The minimum Gasteiger partial charge on any atom is -0.756 e. The molecule has 0 bridgehead atoms. The predicted molar refractivity (Wildman–Crippen MR) is 184 cm³/mol. The van der Waals surface area contributed by atoms with E-state index in [1.807, 2.05) is 0 Å². The Morgan fingerprint density at radius 3 is 2.43 bits per heavy atom. The van der Waals surface area contributed by atoms with Gasteiger partial charge in [0, 0.05) is 41.0 Å². The maximum Gasteiger partial charge on any atom is 0.274 e. The summed E-state index contributed by atoms with van der Waals surface area (Å²) in [4.78, 5) is 87.7. The van der Waals surface area contributed by atoms with Crippen LogP contribution in [0.4, 0.5) is 13.2 Å². The monoisotopic (exact) mass is 856 g/mol. The highest BCUT2D eigenvalue weighted by Gasteiger charge is 2.80. The molecule has 3 saturated carbocycles. The number of fused-ring (bicyclic) bond motifs is 7. The third-order valence-corrected chi connectivity index (χ3v) is 14.9. The number of rotatable bonds is 13. The zero-order valence-electron chi connectivity index (χ0n) is 30.7. The topological polar surface area (TPSA) is 247 Å². The molecule has 314 valence electrons. The number of aliphatic hydroxyl groups is 1. The average Bonchev–Trinajstić information content (AvgIpc) is 3.76. The third-order valence-electron chi connectivity index (χ3n) is 12.3. The molecule has 2 heterocycles. The summed E-state index contributed by atoms with van der Waals surface area (Å²) in [5.41, 5.74) is -8.29. The second-order valence-corrected chi connectivity index (χ2v) is 18.4. The molecule has 1 aromatic rings. The lowest BCUT2D eigenvalue weighted by Crippen LogP contribution is -2.70. The van der Waals surface area contributed by atoms with Gasteiger partial charge in [0.25, 0.3) is 27.5 Å². The van der Waals surface area contributed by atoms with E-state index in [0.717, 1.165) is 36.4 Å². The minimum atomic E-state index is -5.97. The summed E-state index contributed by atoms with van der Waals surface area (Å²) in [7, 11) is -11.7. The lowest BCUT2D eigenvalue weighted by Gasteiger charge is -2.63. The molecule has 4 aliphatic carbocycles. The van der Waals surface area contributed by atoms with Gasteiger partial charge in [-0.25, -0.2) is 17.5 Å². The number of nitrogens with one attached hydrogen (secondary N) is 1. The van der Waals surface area contributed by atoms with E-state index in [2.05, 4.69) is 14.2 Å². The normalized spacial score (nSPS) is 38.3. The molecule has 58 heavy (non-hydrogen) atoms. The highest BCUT2D eigenvalue weighted by atomic mass is 31.3. The van der Waals surface area contributed by atoms with Gasteiger partial charge in [0.15, 0.2) is 29.1 Å². The average molecular weight is 857 g/mol. The Morgan fingerprint density at radius 2 is 1.74 bits per heavy atom. The van der Waals surface area contributed by atoms with Crippen LogP contribution in [0.25, 0.3) is 0 Å². The summed E-state index contributed by atoms with van der Waals surface area (Å²) < 4.78 is 99.1. The molecule has 2 N–H and O–H groups in total. The Hall–Kier alpha value is -3.68. The molecular weight excluding hydrogens is 819 g/mol. The molecule has 1 saturated heterocycles. The minimum absolute atomic E-state index is 0.105. The van der Waals surface area contributed by atoms with E-state index < -0.39 is 149 Å². The first-order valence-electron chi connectivity index (χ1n) is 18.1. The summed E-state index contributed by atoms with van der Waals surface area (Å²) in [5, 5.41) is 13.9. The maximum absolute atomic E-state index is 17.8. The van der Waals surface area contributed by atoms with E-state index in [9.17, 15) is 52.4 Å². The van der Waals surface area contributed by atoms with Crippen molar-refractivity contribution < 1.29 is 84.0 Å². The molecule has 2 unspecified atom stereocenters. The molecular formula is C36H37F3N2O15P2-2. The number of imide groups is 1. The van der Waals surface area contributed by atoms with Gasteiger partial charge in [0.1, 0.15) is 25.1 Å². The first kappa shape index (κ1) is 42.4. The van der Waals surface area contributed by atoms with Crippen LogP contribution in [0, 0.1) is 28.5 Å². The number of ether oxygens (including phenoxy) is 2. The largest absolute Gasteiger partial charge is 0.756 e.